The summed E-state index contributed by atoms with van der Waals surface area (Å²) in [6.07, 6.45) is 2.53. The van der Waals surface area contributed by atoms with Crippen LogP contribution in [0.4, 0.5) is 5.69 Å². The highest BCUT2D eigenvalue weighted by Crippen LogP contribution is 2.31. The monoisotopic (exact) mass is 363 g/mol. The minimum Gasteiger partial charge on any atom is -0.267 e. The van der Waals surface area contributed by atoms with Gasteiger partial charge in [0, 0.05) is 16.5 Å². The van der Waals surface area contributed by atoms with Gasteiger partial charge in [-0.05, 0) is 24.3 Å². The van der Waals surface area contributed by atoms with Gasteiger partial charge in [0.1, 0.15) is 5.56 Å². The van der Waals surface area contributed by atoms with Gasteiger partial charge in [0.15, 0.2) is 0 Å². The fourth-order valence-corrected chi connectivity index (χ4v) is 4.24. The first kappa shape index (κ1) is 18.2. The predicted octanol–water partition coefficient (Wildman–Crippen LogP) is 4.09. The van der Waals surface area contributed by atoms with Gasteiger partial charge in [0.25, 0.3) is 11.6 Å². The van der Waals surface area contributed by atoms with Crippen LogP contribution >= 0.6 is 23.1 Å². The first-order valence-corrected chi connectivity index (χ1v) is 9.19. The number of nitro groups is 1. The molecule has 8 heteroatoms. The highest BCUT2D eigenvalue weighted by atomic mass is 32.2. The van der Waals surface area contributed by atoms with Crippen LogP contribution in [0.1, 0.15) is 34.6 Å². The fraction of sp³-hybridized carbons (Fsp3) is 0.250. The number of aryl methyl sites for hydroxylation is 1. The van der Waals surface area contributed by atoms with Crippen molar-refractivity contribution in [3.05, 3.63) is 56.5 Å². The number of amides is 1. The molecular weight excluding hydrogens is 346 g/mol. The zero-order valence-corrected chi connectivity index (χ0v) is 14.9. The Labute approximate surface area is 148 Å². The van der Waals surface area contributed by atoms with E-state index in [4.69, 9.17) is 0 Å². The summed E-state index contributed by atoms with van der Waals surface area (Å²) < 4.78 is 1.15. The number of thioether (sulfide) groups is 1. The van der Waals surface area contributed by atoms with Crippen molar-refractivity contribution < 1.29 is 9.72 Å². The first-order chi connectivity index (χ1) is 11.6. The summed E-state index contributed by atoms with van der Waals surface area (Å²) in [4.78, 5) is 23.7. The van der Waals surface area contributed by atoms with Crippen LogP contribution < -0.4 is 5.43 Å². The van der Waals surface area contributed by atoms with Gasteiger partial charge < -0.3 is 0 Å². The molecule has 0 atom stereocenters. The Bertz CT molecular complexity index is 772. The predicted molar refractivity (Wildman–Crippen MR) is 98.3 cm³/mol. The van der Waals surface area contributed by atoms with Crippen LogP contribution in [0.5, 0.6) is 0 Å². The van der Waals surface area contributed by atoms with E-state index in [0.717, 1.165) is 21.9 Å². The van der Waals surface area contributed by atoms with Crippen LogP contribution in [-0.4, -0.2) is 22.8 Å². The smallest absolute Gasteiger partial charge is 0.267 e. The Morgan fingerprint density at radius 2 is 2.17 bits per heavy atom. The van der Waals surface area contributed by atoms with Gasteiger partial charge >= 0.3 is 0 Å². The largest absolute Gasteiger partial charge is 0.282 e. The molecule has 2 rings (SSSR count). The molecule has 0 aliphatic heterocycles. The molecule has 1 aromatic carbocycles. The maximum atomic E-state index is 12.1. The molecule has 1 N–H and O–H groups in total. The second kappa shape index (κ2) is 8.60. The average molecular weight is 363 g/mol. The molecular formula is C16H17N3O3S2. The van der Waals surface area contributed by atoms with Crippen LogP contribution in [0.3, 0.4) is 0 Å². The van der Waals surface area contributed by atoms with Crippen molar-refractivity contribution >= 4 is 40.9 Å². The molecule has 0 saturated carbocycles. The summed E-state index contributed by atoms with van der Waals surface area (Å²) in [6.45, 7) is 4.16. The summed E-state index contributed by atoms with van der Waals surface area (Å²) in [6, 6.07) is 7.84. The lowest BCUT2D eigenvalue weighted by atomic mass is 10.2. The van der Waals surface area contributed by atoms with Gasteiger partial charge in [-0.3, -0.25) is 14.9 Å². The maximum Gasteiger partial charge on any atom is 0.282 e. The molecule has 24 heavy (non-hydrogen) atoms. The van der Waals surface area contributed by atoms with Crippen LogP contribution in [0.25, 0.3) is 0 Å². The molecule has 6 nitrogen and oxygen atoms in total. The minimum absolute atomic E-state index is 0.0117. The summed E-state index contributed by atoms with van der Waals surface area (Å²) in [7, 11) is 0. The number of para-hydroxylation sites is 1. The van der Waals surface area contributed by atoms with Crippen LogP contribution in [0.2, 0.25) is 0 Å². The van der Waals surface area contributed by atoms with Gasteiger partial charge in [-0.25, -0.2) is 5.43 Å². The lowest BCUT2D eigenvalue weighted by Crippen LogP contribution is -2.18. The van der Waals surface area contributed by atoms with Crippen LogP contribution in [0.15, 0.2) is 39.6 Å². The number of carbonyl (C=O) groups is 1. The Hall–Kier alpha value is -2.19. The van der Waals surface area contributed by atoms with Crippen molar-refractivity contribution in [3.63, 3.8) is 0 Å². The molecule has 0 aliphatic carbocycles. The van der Waals surface area contributed by atoms with E-state index in [1.807, 2.05) is 6.07 Å². The van der Waals surface area contributed by atoms with Crippen LogP contribution in [0, 0.1) is 10.1 Å². The fourth-order valence-electron chi connectivity index (χ4n) is 1.99. The lowest BCUT2D eigenvalue weighted by Gasteiger charge is -2.01. The second-order valence-corrected chi connectivity index (χ2v) is 7.38. The zero-order valence-electron chi connectivity index (χ0n) is 13.3. The molecule has 0 spiro atoms. The SMILES string of the molecule is CCSc1sc(CC)cc1C=NNC(=O)c1ccccc1[N+](=O)[O-]. The molecule has 0 radical (unpaired) electrons. The summed E-state index contributed by atoms with van der Waals surface area (Å²) in [5.74, 6) is 0.349. The number of thiophene rings is 1. The summed E-state index contributed by atoms with van der Waals surface area (Å²) in [5.41, 5.74) is 3.06. The van der Waals surface area contributed by atoms with E-state index in [9.17, 15) is 14.9 Å². The van der Waals surface area contributed by atoms with E-state index in [2.05, 4.69) is 24.4 Å². The van der Waals surface area contributed by atoms with E-state index >= 15 is 0 Å². The Morgan fingerprint density at radius 3 is 2.83 bits per heavy atom. The van der Waals surface area contributed by atoms with Gasteiger partial charge in [-0.2, -0.15) is 5.10 Å². The van der Waals surface area contributed by atoms with Crippen molar-refractivity contribution in [2.24, 2.45) is 5.10 Å². The Morgan fingerprint density at radius 1 is 1.42 bits per heavy atom. The molecule has 1 heterocycles. The highest BCUT2D eigenvalue weighted by Gasteiger charge is 2.18. The van der Waals surface area contributed by atoms with Gasteiger partial charge in [0.05, 0.1) is 15.3 Å². The van der Waals surface area contributed by atoms with E-state index in [-0.39, 0.29) is 11.3 Å². The lowest BCUT2D eigenvalue weighted by molar-refractivity contribution is -0.385. The quantitative estimate of drug-likeness (QED) is 0.347. The zero-order chi connectivity index (χ0) is 17.5. The number of nitrogens with zero attached hydrogens (tertiary/aromatic N) is 2. The van der Waals surface area contributed by atoms with Gasteiger partial charge in [0.2, 0.25) is 0 Å². The van der Waals surface area contributed by atoms with E-state index in [1.54, 1.807) is 35.4 Å². The van der Waals surface area contributed by atoms with Crippen LogP contribution in [-0.2, 0) is 6.42 Å². The molecule has 1 amide bonds. The van der Waals surface area contributed by atoms with Crippen molar-refractivity contribution in [1.82, 2.24) is 5.43 Å². The Kier molecular flexibility index (Phi) is 6.51. The van der Waals surface area contributed by atoms with Crippen molar-refractivity contribution in [2.75, 3.05) is 5.75 Å². The Balaban J connectivity index is 2.13. The standard InChI is InChI=1S/C16H17N3O3S2/c1-3-12-9-11(16(24-12)23-4-2)10-17-18-15(20)13-7-5-6-8-14(13)19(21)22/h5-10H,3-4H2,1-2H3,(H,18,20). The topological polar surface area (TPSA) is 84.6 Å². The molecule has 0 fully saturated rings. The van der Waals surface area contributed by atoms with Crippen molar-refractivity contribution in [1.29, 1.82) is 0 Å². The molecule has 0 saturated heterocycles. The molecule has 2 aromatic rings. The van der Waals surface area contributed by atoms with Crippen molar-refractivity contribution in [2.45, 2.75) is 24.5 Å². The van der Waals surface area contributed by atoms with Crippen molar-refractivity contribution in [3.8, 4) is 0 Å². The number of benzene rings is 1. The first-order valence-electron chi connectivity index (χ1n) is 7.39. The molecule has 0 aliphatic rings. The maximum absolute atomic E-state index is 12.1. The summed E-state index contributed by atoms with van der Waals surface area (Å²) >= 11 is 3.44. The number of nitrogens with one attached hydrogen (secondary N) is 1. The molecule has 1 aromatic heterocycles. The number of hydrogen-bond acceptors (Lipinski definition) is 6. The number of carbonyl (C=O) groups excluding carboxylic acids is 1. The normalized spacial score (nSPS) is 10.9. The number of hydrazone groups is 1. The number of hydrogen-bond donors (Lipinski definition) is 1. The molecule has 0 bridgehead atoms. The van der Waals surface area contributed by atoms with E-state index in [0.29, 0.717) is 0 Å². The third kappa shape index (κ3) is 4.42. The molecule has 0 unspecified atom stereocenters. The molecule has 126 valence electrons. The van der Waals surface area contributed by atoms with Gasteiger partial charge in [-0.15, -0.1) is 23.1 Å². The third-order valence-electron chi connectivity index (χ3n) is 3.11. The van der Waals surface area contributed by atoms with E-state index < -0.39 is 10.8 Å². The second-order valence-electron chi connectivity index (χ2n) is 4.72. The van der Waals surface area contributed by atoms with E-state index in [1.165, 1.54) is 23.1 Å². The minimum atomic E-state index is -0.603. The summed E-state index contributed by atoms with van der Waals surface area (Å²) in [5, 5.41) is 14.9. The van der Waals surface area contributed by atoms with Gasteiger partial charge in [-0.1, -0.05) is 26.0 Å². The highest BCUT2D eigenvalue weighted by molar-refractivity contribution is 8.01. The third-order valence-corrected chi connectivity index (χ3v) is 5.59. The number of rotatable bonds is 7. The number of nitro benzene ring substituents is 1. The average Bonchev–Trinajstić information content (AvgIpc) is 2.97.